The summed E-state index contributed by atoms with van der Waals surface area (Å²) in [5.74, 6) is 0.661. The van der Waals surface area contributed by atoms with Crippen LogP contribution in [0.2, 0.25) is 5.02 Å². The zero-order chi connectivity index (χ0) is 11.0. The first-order valence-corrected chi connectivity index (χ1v) is 5.98. The molecule has 0 amide bonds. The second-order valence-electron chi connectivity index (χ2n) is 4.80. The SMILES string of the molecule is Cc1c(CC(C)C)c(Cl)cc2c1CNC2. The number of hydrogen-bond acceptors (Lipinski definition) is 1. The fourth-order valence-corrected chi connectivity index (χ4v) is 2.66. The molecule has 0 radical (unpaired) electrons. The van der Waals surface area contributed by atoms with Crippen molar-refractivity contribution in [3.05, 3.63) is 33.3 Å². The number of benzene rings is 1. The molecule has 0 saturated heterocycles. The molecule has 1 aromatic carbocycles. The summed E-state index contributed by atoms with van der Waals surface area (Å²) in [6.07, 6.45) is 1.08. The lowest BCUT2D eigenvalue weighted by molar-refractivity contribution is 0.644. The van der Waals surface area contributed by atoms with E-state index >= 15 is 0 Å². The van der Waals surface area contributed by atoms with E-state index in [1.807, 2.05) is 0 Å². The van der Waals surface area contributed by atoms with Crippen molar-refractivity contribution in [2.75, 3.05) is 0 Å². The first kappa shape index (κ1) is 11.0. The third-order valence-corrected chi connectivity index (χ3v) is 3.45. The van der Waals surface area contributed by atoms with Gasteiger partial charge in [0, 0.05) is 18.1 Å². The van der Waals surface area contributed by atoms with Crippen LogP contribution in [0.4, 0.5) is 0 Å². The minimum absolute atomic E-state index is 0.661. The van der Waals surface area contributed by atoms with Gasteiger partial charge in [0.25, 0.3) is 0 Å². The Morgan fingerprint density at radius 1 is 1.40 bits per heavy atom. The molecular weight excluding hydrogens is 206 g/mol. The van der Waals surface area contributed by atoms with Gasteiger partial charge in [0.2, 0.25) is 0 Å². The van der Waals surface area contributed by atoms with Crippen molar-refractivity contribution in [2.45, 2.75) is 40.3 Å². The van der Waals surface area contributed by atoms with E-state index < -0.39 is 0 Å². The van der Waals surface area contributed by atoms with E-state index in [2.05, 4.69) is 32.2 Å². The fourth-order valence-electron chi connectivity index (χ4n) is 2.31. The third-order valence-electron chi connectivity index (χ3n) is 3.11. The maximum atomic E-state index is 6.33. The minimum atomic E-state index is 0.661. The number of hydrogen-bond donors (Lipinski definition) is 1. The van der Waals surface area contributed by atoms with Crippen LogP contribution in [-0.2, 0) is 19.5 Å². The number of nitrogens with one attached hydrogen (secondary N) is 1. The van der Waals surface area contributed by atoms with E-state index in [9.17, 15) is 0 Å². The monoisotopic (exact) mass is 223 g/mol. The fraction of sp³-hybridized carbons (Fsp3) is 0.538. The highest BCUT2D eigenvalue weighted by molar-refractivity contribution is 6.31. The molecule has 0 aliphatic carbocycles. The highest BCUT2D eigenvalue weighted by Crippen LogP contribution is 2.30. The summed E-state index contributed by atoms with van der Waals surface area (Å²) in [5.41, 5.74) is 5.59. The molecule has 82 valence electrons. The Balaban J connectivity index is 2.46. The molecule has 1 nitrogen and oxygen atoms in total. The first-order valence-electron chi connectivity index (χ1n) is 5.60. The normalized spacial score (nSPS) is 14.7. The maximum Gasteiger partial charge on any atom is 0.0444 e. The smallest absolute Gasteiger partial charge is 0.0444 e. The summed E-state index contributed by atoms with van der Waals surface area (Å²) in [5, 5.41) is 4.33. The standard InChI is InChI=1S/C13H18ClN/c1-8(2)4-11-9(3)12-7-15-6-10(12)5-13(11)14/h5,8,15H,4,6-7H2,1-3H3. The van der Waals surface area contributed by atoms with Crippen molar-refractivity contribution in [2.24, 2.45) is 5.92 Å². The molecule has 1 N–H and O–H groups in total. The van der Waals surface area contributed by atoms with Gasteiger partial charge in [-0.05, 0) is 47.6 Å². The van der Waals surface area contributed by atoms with Crippen LogP contribution in [0.25, 0.3) is 0 Å². The van der Waals surface area contributed by atoms with Gasteiger partial charge in [-0.2, -0.15) is 0 Å². The van der Waals surface area contributed by atoms with Gasteiger partial charge in [0.1, 0.15) is 0 Å². The van der Waals surface area contributed by atoms with Crippen molar-refractivity contribution < 1.29 is 0 Å². The molecule has 0 aromatic heterocycles. The molecule has 0 atom stereocenters. The van der Waals surface area contributed by atoms with Gasteiger partial charge in [0.05, 0.1) is 0 Å². The lowest BCUT2D eigenvalue weighted by atomic mass is 9.93. The highest BCUT2D eigenvalue weighted by Gasteiger charge is 2.18. The summed E-state index contributed by atoms with van der Waals surface area (Å²) in [6, 6.07) is 2.14. The van der Waals surface area contributed by atoms with Crippen molar-refractivity contribution >= 4 is 11.6 Å². The molecule has 1 aliphatic rings. The van der Waals surface area contributed by atoms with Gasteiger partial charge >= 0.3 is 0 Å². The predicted octanol–water partition coefficient (Wildman–Crippen LogP) is 3.45. The molecule has 0 fully saturated rings. The zero-order valence-electron chi connectivity index (χ0n) is 9.65. The zero-order valence-corrected chi connectivity index (χ0v) is 10.4. The average Bonchev–Trinajstić information content (AvgIpc) is 2.59. The van der Waals surface area contributed by atoms with E-state index in [4.69, 9.17) is 11.6 Å². The maximum absolute atomic E-state index is 6.33. The Bertz CT molecular complexity index is 383. The Kier molecular flexibility index (Phi) is 3.03. The topological polar surface area (TPSA) is 12.0 Å². The Labute approximate surface area is 96.8 Å². The summed E-state index contributed by atoms with van der Waals surface area (Å²) >= 11 is 6.33. The van der Waals surface area contributed by atoms with Crippen molar-refractivity contribution in [3.8, 4) is 0 Å². The molecule has 0 bridgehead atoms. The second kappa shape index (κ2) is 4.15. The summed E-state index contributed by atoms with van der Waals surface area (Å²) in [4.78, 5) is 0. The van der Waals surface area contributed by atoms with Gasteiger partial charge in [-0.25, -0.2) is 0 Å². The lowest BCUT2D eigenvalue weighted by Crippen LogP contribution is -2.02. The van der Waals surface area contributed by atoms with Crippen molar-refractivity contribution in [1.29, 1.82) is 0 Å². The largest absolute Gasteiger partial charge is 0.309 e. The van der Waals surface area contributed by atoms with Crippen LogP contribution in [0.15, 0.2) is 6.07 Å². The number of halogens is 1. The van der Waals surface area contributed by atoms with Crippen LogP contribution in [-0.4, -0.2) is 0 Å². The van der Waals surface area contributed by atoms with Gasteiger partial charge in [-0.15, -0.1) is 0 Å². The summed E-state index contributed by atoms with van der Waals surface area (Å²) in [6.45, 7) is 8.65. The second-order valence-corrected chi connectivity index (χ2v) is 5.21. The quantitative estimate of drug-likeness (QED) is 0.810. The highest BCUT2D eigenvalue weighted by atomic mass is 35.5. The van der Waals surface area contributed by atoms with Gasteiger partial charge < -0.3 is 5.32 Å². The molecule has 1 aliphatic heterocycles. The molecule has 0 saturated carbocycles. The molecule has 0 spiro atoms. The van der Waals surface area contributed by atoms with Crippen LogP contribution >= 0.6 is 11.6 Å². The van der Waals surface area contributed by atoms with E-state index in [1.54, 1.807) is 0 Å². The summed E-state index contributed by atoms with van der Waals surface area (Å²) < 4.78 is 0. The molecule has 1 aromatic rings. The Hall–Kier alpha value is -0.530. The summed E-state index contributed by atoms with van der Waals surface area (Å²) in [7, 11) is 0. The molecular formula is C13H18ClN. The molecule has 2 rings (SSSR count). The predicted molar refractivity (Wildman–Crippen MR) is 65.3 cm³/mol. The van der Waals surface area contributed by atoms with Crippen LogP contribution < -0.4 is 5.32 Å². The molecule has 0 unspecified atom stereocenters. The lowest BCUT2D eigenvalue weighted by Gasteiger charge is -2.14. The van der Waals surface area contributed by atoms with E-state index in [-0.39, 0.29) is 0 Å². The average molecular weight is 224 g/mol. The van der Waals surface area contributed by atoms with Gasteiger partial charge in [-0.3, -0.25) is 0 Å². The van der Waals surface area contributed by atoms with E-state index in [0.717, 1.165) is 24.5 Å². The number of rotatable bonds is 2. The number of fused-ring (bicyclic) bond motifs is 1. The van der Waals surface area contributed by atoms with Crippen molar-refractivity contribution in [1.82, 2.24) is 5.32 Å². The third kappa shape index (κ3) is 2.04. The Morgan fingerprint density at radius 2 is 2.13 bits per heavy atom. The Morgan fingerprint density at radius 3 is 2.80 bits per heavy atom. The van der Waals surface area contributed by atoms with Crippen LogP contribution in [0.3, 0.4) is 0 Å². The minimum Gasteiger partial charge on any atom is -0.309 e. The van der Waals surface area contributed by atoms with E-state index in [0.29, 0.717) is 5.92 Å². The van der Waals surface area contributed by atoms with Gasteiger partial charge in [-0.1, -0.05) is 25.4 Å². The molecule has 2 heteroatoms. The van der Waals surface area contributed by atoms with E-state index in [1.165, 1.54) is 22.3 Å². The van der Waals surface area contributed by atoms with Gasteiger partial charge in [0.15, 0.2) is 0 Å². The van der Waals surface area contributed by atoms with Crippen molar-refractivity contribution in [3.63, 3.8) is 0 Å². The first-order chi connectivity index (χ1) is 7.09. The molecule has 15 heavy (non-hydrogen) atoms. The van der Waals surface area contributed by atoms with Crippen LogP contribution in [0.5, 0.6) is 0 Å². The molecule has 1 heterocycles. The van der Waals surface area contributed by atoms with Crippen LogP contribution in [0, 0.1) is 12.8 Å². The van der Waals surface area contributed by atoms with Crippen LogP contribution in [0.1, 0.15) is 36.1 Å².